The van der Waals surface area contributed by atoms with Gasteiger partial charge in [-0.2, -0.15) is 5.10 Å². The Morgan fingerprint density at radius 1 is 1.55 bits per heavy atom. The van der Waals surface area contributed by atoms with Crippen molar-refractivity contribution in [2.75, 3.05) is 6.61 Å². The fourth-order valence-corrected chi connectivity index (χ4v) is 2.10. The summed E-state index contributed by atoms with van der Waals surface area (Å²) in [6.07, 6.45) is 1.32. The molecule has 1 aromatic carbocycles. The van der Waals surface area contributed by atoms with Crippen LogP contribution in [0.2, 0.25) is 5.02 Å². The Morgan fingerprint density at radius 3 is 3.10 bits per heavy atom. The predicted octanol–water partition coefficient (Wildman–Crippen LogP) is 1.35. The van der Waals surface area contributed by atoms with Crippen LogP contribution in [0.15, 0.2) is 24.4 Å². The summed E-state index contributed by atoms with van der Waals surface area (Å²) >= 11 is 5.93. The zero-order chi connectivity index (χ0) is 14.3. The van der Waals surface area contributed by atoms with Gasteiger partial charge in [-0.1, -0.05) is 11.6 Å². The maximum atomic E-state index is 11.9. The highest BCUT2D eigenvalue weighted by Crippen LogP contribution is 2.18. The number of aromatic nitrogens is 4. The fourth-order valence-electron chi connectivity index (χ4n) is 1.94. The molecule has 0 bridgehead atoms. The number of hydrogen-bond acceptors (Lipinski definition) is 5. The molecule has 3 aromatic rings. The van der Waals surface area contributed by atoms with Crippen LogP contribution in [0, 0.1) is 5.21 Å². The van der Waals surface area contributed by atoms with Crippen molar-refractivity contribution in [1.82, 2.24) is 14.7 Å². The van der Waals surface area contributed by atoms with E-state index in [1.165, 1.54) is 10.7 Å². The first kappa shape index (κ1) is 12.6. The molecule has 102 valence electrons. The number of carbonyl (C=O) groups is 1. The molecule has 0 aliphatic carbocycles. The minimum atomic E-state index is -0.573. The average Bonchev–Trinajstić information content (AvgIpc) is 2.82. The maximum absolute atomic E-state index is 11.9. The van der Waals surface area contributed by atoms with Crippen LogP contribution in [-0.4, -0.2) is 27.3 Å². The van der Waals surface area contributed by atoms with Crippen LogP contribution in [-0.2, 0) is 4.74 Å². The third-order valence-corrected chi connectivity index (χ3v) is 3.03. The lowest BCUT2D eigenvalue weighted by molar-refractivity contribution is -0.640. The number of ether oxygens (including phenoxy) is 1. The summed E-state index contributed by atoms with van der Waals surface area (Å²) in [4.78, 5) is 12.2. The standard InChI is InChI=1S/C12H9ClN4O3/c1-2-20-12(18)8-6-14-16-10-5-7(13)3-4-9(10)17(19)15-11(8)16/h3-6H,2H2,1H3. The van der Waals surface area contributed by atoms with Crippen molar-refractivity contribution in [2.45, 2.75) is 6.92 Å². The van der Waals surface area contributed by atoms with E-state index in [1.54, 1.807) is 25.1 Å². The van der Waals surface area contributed by atoms with E-state index in [4.69, 9.17) is 16.3 Å². The second-order valence-corrected chi connectivity index (χ2v) is 4.46. The third-order valence-electron chi connectivity index (χ3n) is 2.80. The molecule has 7 nitrogen and oxygen atoms in total. The third kappa shape index (κ3) is 1.83. The second kappa shape index (κ2) is 4.61. The van der Waals surface area contributed by atoms with E-state index in [0.717, 1.165) is 0 Å². The van der Waals surface area contributed by atoms with Crippen molar-refractivity contribution < 1.29 is 14.4 Å². The Labute approximate surface area is 117 Å². The highest BCUT2D eigenvalue weighted by atomic mass is 35.5. The Bertz CT molecular complexity index is 830. The van der Waals surface area contributed by atoms with Crippen molar-refractivity contribution in [1.29, 1.82) is 0 Å². The van der Waals surface area contributed by atoms with Crippen molar-refractivity contribution in [2.24, 2.45) is 0 Å². The van der Waals surface area contributed by atoms with Crippen LogP contribution in [0.4, 0.5) is 0 Å². The van der Waals surface area contributed by atoms with E-state index in [0.29, 0.717) is 20.9 Å². The fraction of sp³-hybridized carbons (Fsp3) is 0.167. The average molecular weight is 293 g/mol. The lowest BCUT2D eigenvalue weighted by atomic mass is 10.3. The van der Waals surface area contributed by atoms with Gasteiger partial charge in [0.2, 0.25) is 5.65 Å². The van der Waals surface area contributed by atoms with Gasteiger partial charge >= 0.3 is 5.97 Å². The normalized spacial score (nSPS) is 11.1. The van der Waals surface area contributed by atoms with Crippen LogP contribution in [0.25, 0.3) is 16.7 Å². The smallest absolute Gasteiger partial charge is 0.343 e. The Kier molecular flexibility index (Phi) is 2.90. The molecular weight excluding hydrogens is 284 g/mol. The van der Waals surface area contributed by atoms with Gasteiger partial charge in [-0.15, -0.1) is 0 Å². The van der Waals surface area contributed by atoms with Gasteiger partial charge in [-0.05, 0) is 23.9 Å². The molecule has 0 N–H and O–H groups in total. The molecule has 8 heteroatoms. The summed E-state index contributed by atoms with van der Waals surface area (Å²) in [5, 5.41) is 20.2. The molecule has 0 saturated carbocycles. The monoisotopic (exact) mass is 292 g/mol. The van der Waals surface area contributed by atoms with E-state index in [1.807, 2.05) is 0 Å². The van der Waals surface area contributed by atoms with E-state index in [-0.39, 0.29) is 17.8 Å². The number of carbonyl (C=O) groups excluding carboxylic acids is 1. The van der Waals surface area contributed by atoms with E-state index in [2.05, 4.69) is 10.2 Å². The number of nitrogens with zero attached hydrogens (tertiary/aromatic N) is 4. The summed E-state index contributed by atoms with van der Waals surface area (Å²) < 4.78 is 6.29. The molecule has 3 rings (SSSR count). The van der Waals surface area contributed by atoms with Crippen molar-refractivity contribution in [3.63, 3.8) is 0 Å². The molecule has 20 heavy (non-hydrogen) atoms. The molecule has 0 unspecified atom stereocenters. The largest absolute Gasteiger partial charge is 0.594 e. The van der Waals surface area contributed by atoms with Crippen molar-refractivity contribution in [3.05, 3.63) is 40.2 Å². The number of fused-ring (bicyclic) bond motifs is 3. The Balaban J connectivity index is 2.34. The second-order valence-electron chi connectivity index (χ2n) is 4.02. The van der Waals surface area contributed by atoms with Crippen molar-refractivity contribution >= 4 is 34.3 Å². The van der Waals surface area contributed by atoms with E-state index < -0.39 is 5.97 Å². The van der Waals surface area contributed by atoms with Crippen molar-refractivity contribution in [3.8, 4) is 0 Å². The number of halogens is 1. The first-order valence-electron chi connectivity index (χ1n) is 5.85. The number of hydrogen-bond donors (Lipinski definition) is 0. The molecule has 0 radical (unpaired) electrons. The summed E-state index contributed by atoms with van der Waals surface area (Å²) in [6, 6.07) is 4.71. The molecule has 0 saturated heterocycles. The minimum Gasteiger partial charge on any atom is -0.594 e. The molecule has 0 amide bonds. The van der Waals surface area contributed by atoms with E-state index >= 15 is 0 Å². The molecule has 0 spiro atoms. The zero-order valence-corrected chi connectivity index (χ0v) is 11.2. The van der Waals surface area contributed by atoms with Gasteiger partial charge in [0.1, 0.15) is 11.1 Å². The first-order chi connectivity index (χ1) is 9.61. The zero-order valence-electron chi connectivity index (χ0n) is 10.4. The van der Waals surface area contributed by atoms with Crippen LogP contribution in [0.1, 0.15) is 17.3 Å². The summed E-state index contributed by atoms with van der Waals surface area (Å²) in [5.41, 5.74) is 1.04. The Hall–Kier alpha value is -2.41. The summed E-state index contributed by atoms with van der Waals surface area (Å²) in [6.45, 7) is 1.92. The molecule has 0 atom stereocenters. The van der Waals surface area contributed by atoms with Gasteiger partial charge in [0, 0.05) is 16.2 Å². The highest BCUT2D eigenvalue weighted by molar-refractivity contribution is 6.31. The van der Waals surface area contributed by atoms with E-state index in [9.17, 15) is 10.0 Å². The quantitative estimate of drug-likeness (QED) is 0.404. The predicted molar refractivity (Wildman–Crippen MR) is 70.4 cm³/mol. The number of esters is 1. The SMILES string of the molecule is CCOC(=O)c1cnn2c1n[n+]([O-])c1ccc(Cl)cc12. The Morgan fingerprint density at radius 2 is 2.35 bits per heavy atom. The highest BCUT2D eigenvalue weighted by Gasteiger charge is 2.21. The van der Waals surface area contributed by atoms with Gasteiger partial charge < -0.3 is 9.94 Å². The van der Waals surface area contributed by atoms with Gasteiger partial charge in [0.25, 0.3) is 5.52 Å². The van der Waals surface area contributed by atoms with Gasteiger partial charge in [-0.3, -0.25) is 0 Å². The lowest BCUT2D eigenvalue weighted by Gasteiger charge is -2.03. The molecule has 2 heterocycles. The topological polar surface area (TPSA) is 83.4 Å². The molecule has 0 aliphatic rings. The minimum absolute atomic E-state index is 0.133. The molecular formula is C12H9ClN4O3. The van der Waals surface area contributed by atoms with Crippen LogP contribution in [0.3, 0.4) is 0 Å². The lowest BCUT2D eigenvalue weighted by Crippen LogP contribution is -2.33. The number of benzene rings is 1. The molecule has 2 aromatic heterocycles. The molecule has 0 aliphatic heterocycles. The van der Waals surface area contributed by atoms with Crippen LogP contribution >= 0.6 is 11.6 Å². The number of rotatable bonds is 2. The molecule has 0 fully saturated rings. The van der Waals surface area contributed by atoms with Gasteiger partial charge in [0.15, 0.2) is 0 Å². The first-order valence-corrected chi connectivity index (χ1v) is 6.23. The summed E-state index contributed by atoms with van der Waals surface area (Å²) in [5.74, 6) is -0.573. The van der Waals surface area contributed by atoms with Crippen LogP contribution < -0.4 is 4.85 Å². The summed E-state index contributed by atoms with van der Waals surface area (Å²) in [7, 11) is 0. The maximum Gasteiger partial charge on any atom is 0.343 e. The van der Waals surface area contributed by atoms with Gasteiger partial charge in [0.05, 0.1) is 12.8 Å². The van der Waals surface area contributed by atoms with Crippen LogP contribution in [0.5, 0.6) is 0 Å². The van der Waals surface area contributed by atoms with Gasteiger partial charge in [-0.25, -0.2) is 9.31 Å².